The summed E-state index contributed by atoms with van der Waals surface area (Å²) in [6.07, 6.45) is -1.75. The van der Waals surface area contributed by atoms with Crippen LogP contribution in [0.3, 0.4) is 0 Å². The largest absolute Gasteiger partial charge is 0.573 e. The summed E-state index contributed by atoms with van der Waals surface area (Å²) in [4.78, 5) is 0. The molecule has 1 aromatic rings. The van der Waals surface area contributed by atoms with Crippen molar-refractivity contribution < 1.29 is 23.0 Å². The molecule has 0 spiro atoms. The number of hydrogen-bond acceptors (Lipinski definition) is 2. The van der Waals surface area contributed by atoms with Crippen molar-refractivity contribution in [3.8, 4) is 5.75 Å². The zero-order chi connectivity index (χ0) is 15.0. The van der Waals surface area contributed by atoms with Crippen LogP contribution in [0.2, 0.25) is 0 Å². The van der Waals surface area contributed by atoms with E-state index >= 15 is 0 Å². The van der Waals surface area contributed by atoms with Crippen molar-refractivity contribution in [1.82, 2.24) is 0 Å². The van der Waals surface area contributed by atoms with E-state index in [9.17, 15) is 18.3 Å². The minimum atomic E-state index is -4.72. The maximum absolute atomic E-state index is 12.2. The normalized spacial score (nSPS) is 26.3. The summed E-state index contributed by atoms with van der Waals surface area (Å²) in [5.74, 6) is -0.285. The summed E-state index contributed by atoms with van der Waals surface area (Å²) < 4.78 is 40.7. The predicted octanol–water partition coefficient (Wildman–Crippen LogP) is 4.37. The number of rotatable bonds is 2. The van der Waals surface area contributed by atoms with Crippen molar-refractivity contribution in [2.45, 2.75) is 51.5 Å². The van der Waals surface area contributed by atoms with Gasteiger partial charge < -0.3 is 9.84 Å². The molecule has 20 heavy (non-hydrogen) atoms. The Labute approximate surface area is 116 Å². The van der Waals surface area contributed by atoms with Crippen molar-refractivity contribution >= 4 is 0 Å². The summed E-state index contributed by atoms with van der Waals surface area (Å²) in [7, 11) is 0. The van der Waals surface area contributed by atoms with Gasteiger partial charge in [-0.3, -0.25) is 0 Å². The highest BCUT2D eigenvalue weighted by Gasteiger charge is 2.40. The first kappa shape index (κ1) is 15.2. The number of hydrogen-bond donors (Lipinski definition) is 1. The zero-order valence-corrected chi connectivity index (χ0v) is 11.6. The molecule has 0 saturated heterocycles. The third kappa shape index (κ3) is 3.66. The second kappa shape index (κ2) is 4.95. The highest BCUT2D eigenvalue weighted by molar-refractivity contribution is 5.33. The van der Waals surface area contributed by atoms with Gasteiger partial charge in [0.2, 0.25) is 0 Å². The summed E-state index contributed by atoms with van der Waals surface area (Å²) in [5.41, 5.74) is -0.604. The molecular weight excluding hydrogens is 269 g/mol. The van der Waals surface area contributed by atoms with Crippen molar-refractivity contribution in [2.75, 3.05) is 0 Å². The zero-order valence-electron chi connectivity index (χ0n) is 11.6. The summed E-state index contributed by atoms with van der Waals surface area (Å²) >= 11 is 0. The molecule has 1 N–H and O–H groups in total. The Morgan fingerprint density at radius 3 is 2.50 bits per heavy atom. The molecule has 1 unspecified atom stereocenters. The Hall–Kier alpha value is -1.23. The molecule has 1 aromatic carbocycles. The lowest BCUT2D eigenvalue weighted by Gasteiger charge is -2.42. The van der Waals surface area contributed by atoms with Gasteiger partial charge in [-0.1, -0.05) is 26.0 Å². The summed E-state index contributed by atoms with van der Waals surface area (Å²) in [6, 6.07) is 5.67. The van der Waals surface area contributed by atoms with Crippen LogP contribution in [0.15, 0.2) is 24.3 Å². The van der Waals surface area contributed by atoms with Crippen LogP contribution in [0.1, 0.15) is 45.1 Å². The fourth-order valence-corrected chi connectivity index (χ4v) is 3.06. The molecule has 1 aliphatic rings. The first-order valence-corrected chi connectivity index (χ1v) is 6.68. The topological polar surface area (TPSA) is 29.5 Å². The summed E-state index contributed by atoms with van der Waals surface area (Å²) in [6.45, 7) is 4.13. The van der Waals surface area contributed by atoms with Crippen molar-refractivity contribution in [1.29, 1.82) is 0 Å². The molecule has 1 saturated carbocycles. The second-order valence-electron chi connectivity index (χ2n) is 6.30. The molecule has 0 amide bonds. The molecule has 1 aliphatic carbocycles. The third-order valence-corrected chi connectivity index (χ3v) is 3.82. The van der Waals surface area contributed by atoms with Gasteiger partial charge in [0.05, 0.1) is 5.60 Å². The van der Waals surface area contributed by atoms with Gasteiger partial charge in [0, 0.05) is 0 Å². The smallest absolute Gasteiger partial charge is 0.406 e. The standard InChI is InChI=1S/C15H19F3O2/c1-13(2)7-4-8-14(19,10-13)11-5-3-6-12(9-11)20-15(16,17)18/h3,5-6,9,19H,4,7-8,10H2,1-2H3. The van der Waals surface area contributed by atoms with E-state index in [2.05, 4.69) is 18.6 Å². The Morgan fingerprint density at radius 2 is 1.90 bits per heavy atom. The molecule has 0 aromatic heterocycles. The van der Waals surface area contributed by atoms with Crippen molar-refractivity contribution in [3.63, 3.8) is 0 Å². The SMILES string of the molecule is CC1(C)CCCC(O)(c2cccc(OC(F)(F)F)c2)C1. The summed E-state index contributed by atoms with van der Waals surface area (Å²) in [5, 5.41) is 10.8. The van der Waals surface area contributed by atoms with Gasteiger partial charge in [-0.2, -0.15) is 0 Å². The lowest BCUT2D eigenvalue weighted by Crippen LogP contribution is -2.36. The monoisotopic (exact) mass is 288 g/mol. The quantitative estimate of drug-likeness (QED) is 0.875. The van der Waals surface area contributed by atoms with E-state index in [1.165, 1.54) is 18.2 Å². The molecule has 0 heterocycles. The van der Waals surface area contributed by atoms with E-state index in [1.807, 2.05) is 0 Å². The minimum Gasteiger partial charge on any atom is -0.406 e. The van der Waals surface area contributed by atoms with E-state index in [1.54, 1.807) is 6.07 Å². The van der Waals surface area contributed by atoms with Crippen LogP contribution in [-0.2, 0) is 5.60 Å². The van der Waals surface area contributed by atoms with E-state index < -0.39 is 12.0 Å². The number of halogens is 3. The van der Waals surface area contributed by atoms with Crippen LogP contribution in [0.4, 0.5) is 13.2 Å². The van der Waals surface area contributed by atoms with Gasteiger partial charge in [-0.15, -0.1) is 13.2 Å². The van der Waals surface area contributed by atoms with Gasteiger partial charge in [0.25, 0.3) is 0 Å². The predicted molar refractivity (Wildman–Crippen MR) is 69.3 cm³/mol. The Morgan fingerprint density at radius 1 is 1.20 bits per heavy atom. The Balaban J connectivity index is 2.26. The molecule has 0 radical (unpaired) electrons. The maximum atomic E-state index is 12.2. The van der Waals surface area contributed by atoms with E-state index in [-0.39, 0.29) is 11.2 Å². The average molecular weight is 288 g/mol. The molecule has 5 heteroatoms. The molecule has 112 valence electrons. The molecule has 1 fully saturated rings. The molecule has 1 atom stereocenters. The molecule has 2 nitrogen and oxygen atoms in total. The molecule has 2 rings (SSSR count). The Bertz CT molecular complexity index is 482. The van der Waals surface area contributed by atoms with E-state index in [0.29, 0.717) is 18.4 Å². The van der Waals surface area contributed by atoms with Gasteiger partial charge in [-0.05, 0) is 48.8 Å². The third-order valence-electron chi connectivity index (χ3n) is 3.82. The number of benzene rings is 1. The lowest BCUT2D eigenvalue weighted by atomic mass is 9.67. The first-order valence-electron chi connectivity index (χ1n) is 6.68. The van der Waals surface area contributed by atoms with Crippen molar-refractivity contribution in [3.05, 3.63) is 29.8 Å². The van der Waals surface area contributed by atoms with E-state index in [0.717, 1.165) is 12.8 Å². The van der Waals surface area contributed by atoms with Gasteiger partial charge in [-0.25, -0.2) is 0 Å². The van der Waals surface area contributed by atoms with Crippen LogP contribution in [0, 0.1) is 5.41 Å². The highest BCUT2D eigenvalue weighted by atomic mass is 19.4. The average Bonchev–Trinajstić information content (AvgIpc) is 2.25. The fraction of sp³-hybridized carbons (Fsp3) is 0.600. The molecular formula is C15H19F3O2. The van der Waals surface area contributed by atoms with Gasteiger partial charge in [0.15, 0.2) is 0 Å². The first-order chi connectivity index (χ1) is 9.10. The van der Waals surface area contributed by atoms with Crippen molar-refractivity contribution in [2.24, 2.45) is 5.41 Å². The van der Waals surface area contributed by atoms with Crippen LogP contribution in [0.25, 0.3) is 0 Å². The molecule has 0 aliphatic heterocycles. The fourth-order valence-electron chi connectivity index (χ4n) is 3.06. The van der Waals surface area contributed by atoms with Crippen LogP contribution >= 0.6 is 0 Å². The lowest BCUT2D eigenvalue weighted by molar-refractivity contribution is -0.274. The van der Waals surface area contributed by atoms with Crippen LogP contribution < -0.4 is 4.74 Å². The maximum Gasteiger partial charge on any atom is 0.573 e. The number of ether oxygens (including phenoxy) is 1. The van der Waals surface area contributed by atoms with E-state index in [4.69, 9.17) is 0 Å². The second-order valence-corrected chi connectivity index (χ2v) is 6.30. The van der Waals surface area contributed by atoms with Gasteiger partial charge in [0.1, 0.15) is 5.75 Å². The van der Waals surface area contributed by atoms with Gasteiger partial charge >= 0.3 is 6.36 Å². The number of alkyl halides is 3. The Kier molecular flexibility index (Phi) is 3.75. The van der Waals surface area contributed by atoms with Crippen LogP contribution in [0.5, 0.6) is 5.75 Å². The highest BCUT2D eigenvalue weighted by Crippen LogP contribution is 2.46. The number of aliphatic hydroxyl groups is 1. The molecule has 0 bridgehead atoms. The van der Waals surface area contributed by atoms with Crippen LogP contribution in [-0.4, -0.2) is 11.5 Å². The minimum absolute atomic E-state index is 0.0200.